The number of imidazole rings is 1. The Bertz CT molecular complexity index is 1500. The third kappa shape index (κ3) is 5.73. The van der Waals surface area contributed by atoms with Gasteiger partial charge in [-0.2, -0.15) is 13.2 Å². The number of rotatable bonds is 8. The Hall–Kier alpha value is -3.32. The van der Waals surface area contributed by atoms with Gasteiger partial charge in [0.15, 0.2) is 17.8 Å². The van der Waals surface area contributed by atoms with Crippen molar-refractivity contribution in [2.75, 3.05) is 7.11 Å². The Morgan fingerprint density at radius 1 is 1.08 bits per heavy atom. The first-order valence-electron chi connectivity index (χ1n) is 11.2. The van der Waals surface area contributed by atoms with Crippen LogP contribution in [0.1, 0.15) is 24.7 Å². The molecule has 0 amide bonds. The van der Waals surface area contributed by atoms with Gasteiger partial charge in [-0.25, -0.2) is 14.5 Å². The number of hydrogen-bond acceptors (Lipinski definition) is 6. The highest BCUT2D eigenvalue weighted by atomic mass is 35.5. The van der Waals surface area contributed by atoms with Crippen molar-refractivity contribution in [1.82, 2.24) is 23.9 Å². The van der Waals surface area contributed by atoms with Gasteiger partial charge in [-0.05, 0) is 42.8 Å². The molecule has 2 heterocycles. The summed E-state index contributed by atoms with van der Waals surface area (Å²) < 4.78 is 48.0. The molecule has 0 aliphatic heterocycles. The lowest BCUT2D eigenvalue weighted by Gasteiger charge is -2.16. The van der Waals surface area contributed by atoms with E-state index in [1.807, 2.05) is 0 Å². The molecule has 0 saturated heterocycles. The second-order valence-corrected chi connectivity index (χ2v) is 9.26. The zero-order valence-corrected chi connectivity index (χ0v) is 21.5. The molecular weight excluding hydrogens is 550 g/mol. The Kier molecular flexibility index (Phi) is 7.88. The van der Waals surface area contributed by atoms with E-state index in [2.05, 4.69) is 10.1 Å². The van der Waals surface area contributed by atoms with E-state index in [1.165, 1.54) is 37.0 Å². The number of alkyl halides is 3. The first-order chi connectivity index (χ1) is 17.9. The lowest BCUT2D eigenvalue weighted by atomic mass is 10.1. The van der Waals surface area contributed by atoms with Crippen molar-refractivity contribution in [1.29, 1.82) is 0 Å². The molecule has 0 aliphatic carbocycles. The van der Waals surface area contributed by atoms with E-state index in [1.54, 1.807) is 30.3 Å². The van der Waals surface area contributed by atoms with E-state index in [9.17, 15) is 28.2 Å². The van der Waals surface area contributed by atoms with Crippen LogP contribution < -0.4 is 10.4 Å². The predicted octanol–water partition coefficient (Wildman–Crippen LogP) is 4.24. The zero-order chi connectivity index (χ0) is 27.8. The van der Waals surface area contributed by atoms with Crippen molar-refractivity contribution in [3.8, 4) is 22.7 Å². The van der Waals surface area contributed by atoms with Crippen LogP contribution in [0.25, 0.3) is 16.9 Å². The number of halogens is 5. The largest absolute Gasteiger partial charge is 0.494 e. The molecule has 0 aliphatic rings. The van der Waals surface area contributed by atoms with Crippen LogP contribution in [-0.2, 0) is 13.1 Å². The quantitative estimate of drug-likeness (QED) is 0.327. The van der Waals surface area contributed by atoms with E-state index in [4.69, 9.17) is 27.9 Å². The fraction of sp³-hybridized carbons (Fsp3) is 0.292. The minimum atomic E-state index is -4.93. The highest BCUT2D eigenvalue weighted by Gasteiger charge is 2.39. The fourth-order valence-electron chi connectivity index (χ4n) is 3.81. The van der Waals surface area contributed by atoms with Gasteiger partial charge in [-0.3, -0.25) is 9.13 Å². The molecule has 0 saturated carbocycles. The summed E-state index contributed by atoms with van der Waals surface area (Å²) in [5.41, 5.74) is 0.0939. The molecule has 0 bridgehead atoms. The topological polar surface area (TPSA) is 107 Å². The number of aliphatic hydroxyl groups excluding tert-OH is 2. The van der Waals surface area contributed by atoms with E-state index in [0.717, 1.165) is 9.13 Å². The lowest BCUT2D eigenvalue weighted by Crippen LogP contribution is -2.37. The first kappa shape index (κ1) is 27.7. The molecule has 0 fully saturated rings. The van der Waals surface area contributed by atoms with Crippen LogP contribution in [0.5, 0.6) is 5.75 Å². The van der Waals surface area contributed by atoms with E-state index < -0.39 is 30.6 Å². The fourth-order valence-corrected chi connectivity index (χ4v) is 4.10. The summed E-state index contributed by atoms with van der Waals surface area (Å²) in [6.07, 6.45) is -7.43. The molecule has 0 unspecified atom stereocenters. The number of nitrogens with zero attached hydrogens (tertiary/aromatic N) is 5. The smallest absolute Gasteiger partial charge is 0.416 e. The highest BCUT2D eigenvalue weighted by Crippen LogP contribution is 2.29. The number of aromatic nitrogens is 5. The Morgan fingerprint density at radius 2 is 1.74 bits per heavy atom. The third-order valence-corrected chi connectivity index (χ3v) is 6.14. The van der Waals surface area contributed by atoms with Gasteiger partial charge >= 0.3 is 11.9 Å². The maximum absolute atomic E-state index is 13.2. The van der Waals surface area contributed by atoms with Crippen LogP contribution in [0.4, 0.5) is 13.2 Å². The van der Waals surface area contributed by atoms with Crippen molar-refractivity contribution in [2.45, 2.75) is 38.4 Å². The molecule has 2 atom stereocenters. The Morgan fingerprint density at radius 3 is 2.34 bits per heavy atom. The molecule has 2 aromatic heterocycles. The Labute approximate surface area is 224 Å². The van der Waals surface area contributed by atoms with Crippen LogP contribution in [0.15, 0.2) is 53.5 Å². The van der Waals surface area contributed by atoms with Gasteiger partial charge in [-0.15, -0.1) is 5.10 Å². The van der Waals surface area contributed by atoms with Crippen molar-refractivity contribution >= 4 is 23.2 Å². The van der Waals surface area contributed by atoms with Gasteiger partial charge in [0.1, 0.15) is 17.5 Å². The summed E-state index contributed by atoms with van der Waals surface area (Å²) in [7, 11) is 1.45. The summed E-state index contributed by atoms with van der Waals surface area (Å²) >= 11 is 12.1. The molecule has 38 heavy (non-hydrogen) atoms. The molecule has 2 N–H and O–H groups in total. The van der Waals surface area contributed by atoms with Crippen molar-refractivity contribution in [2.24, 2.45) is 0 Å². The van der Waals surface area contributed by atoms with Gasteiger partial charge in [0.05, 0.1) is 25.9 Å². The highest BCUT2D eigenvalue weighted by molar-refractivity contribution is 6.31. The zero-order valence-electron chi connectivity index (χ0n) is 20.0. The number of ether oxygens (including phenoxy) is 1. The summed E-state index contributed by atoms with van der Waals surface area (Å²) in [4.78, 5) is 17.5. The van der Waals surface area contributed by atoms with Crippen LogP contribution >= 0.6 is 23.2 Å². The van der Waals surface area contributed by atoms with Gasteiger partial charge in [-0.1, -0.05) is 35.3 Å². The number of methoxy groups -OCH3 is 1. The number of aliphatic hydroxyl groups is 2. The van der Waals surface area contributed by atoms with Crippen LogP contribution in [0, 0.1) is 0 Å². The van der Waals surface area contributed by atoms with Gasteiger partial charge in [0.25, 0.3) is 0 Å². The van der Waals surface area contributed by atoms with Crippen LogP contribution in [-0.4, -0.2) is 53.5 Å². The lowest BCUT2D eigenvalue weighted by molar-refractivity contribution is -0.207. The minimum Gasteiger partial charge on any atom is -0.494 e. The molecule has 4 rings (SSSR count). The SMILES string of the molecule is COc1ccc(Cl)cc1-n1nc(Cn2cc(-c3ccc(Cl)cc3)n(C[C@H](O)C(F)(F)F)c2=O)nc1[C@H](C)O. The standard InChI is InChI=1S/C24H22Cl2F3N5O4/c1-13(35)22-30-21(31-34(22)17-9-16(26)7-8-19(17)38-2)12-32-10-18(14-3-5-15(25)6-4-14)33(23(32)37)11-20(36)24(27,28)29/h3-10,13,20,35-36H,11-12H2,1-2H3/t13-,20-/m0/s1. The monoisotopic (exact) mass is 571 g/mol. The van der Waals surface area contributed by atoms with Crippen LogP contribution in [0.3, 0.4) is 0 Å². The molecule has 2 aromatic carbocycles. The summed E-state index contributed by atoms with van der Waals surface area (Å²) in [6.45, 7) is 0.207. The molecule has 202 valence electrons. The number of benzene rings is 2. The average molecular weight is 572 g/mol. The molecule has 4 aromatic rings. The second-order valence-electron chi connectivity index (χ2n) is 8.39. The van der Waals surface area contributed by atoms with Crippen molar-refractivity contribution in [3.63, 3.8) is 0 Å². The third-order valence-electron chi connectivity index (χ3n) is 5.65. The molecule has 0 spiro atoms. The van der Waals surface area contributed by atoms with E-state index in [0.29, 0.717) is 27.0 Å². The van der Waals surface area contributed by atoms with Gasteiger partial charge < -0.3 is 14.9 Å². The summed E-state index contributed by atoms with van der Waals surface area (Å²) in [5.74, 6) is 0.599. The normalized spacial score (nSPS) is 13.5. The van der Waals surface area contributed by atoms with E-state index in [-0.39, 0.29) is 23.9 Å². The van der Waals surface area contributed by atoms with Crippen molar-refractivity contribution in [3.05, 3.63) is 80.8 Å². The molecule has 14 heteroatoms. The predicted molar refractivity (Wildman–Crippen MR) is 134 cm³/mol. The molecular formula is C24H22Cl2F3N5O4. The van der Waals surface area contributed by atoms with E-state index >= 15 is 0 Å². The van der Waals surface area contributed by atoms with Crippen LogP contribution in [0.2, 0.25) is 10.0 Å². The minimum absolute atomic E-state index is 0.0844. The summed E-state index contributed by atoms with van der Waals surface area (Å²) in [5, 5.41) is 25.2. The van der Waals surface area contributed by atoms with Gasteiger partial charge in [0.2, 0.25) is 0 Å². The number of hydrogen-bond donors (Lipinski definition) is 2. The first-order valence-corrected chi connectivity index (χ1v) is 11.9. The average Bonchev–Trinajstić information content (AvgIpc) is 3.41. The Balaban J connectivity index is 1.79. The molecule has 0 radical (unpaired) electrons. The van der Waals surface area contributed by atoms with Crippen molar-refractivity contribution < 1.29 is 28.1 Å². The maximum Gasteiger partial charge on any atom is 0.416 e. The second kappa shape index (κ2) is 10.8. The molecule has 9 nitrogen and oxygen atoms in total. The summed E-state index contributed by atoms with van der Waals surface area (Å²) in [6, 6.07) is 10.9. The van der Waals surface area contributed by atoms with Gasteiger partial charge in [0, 0.05) is 16.2 Å². The maximum atomic E-state index is 13.2.